The molecule has 3 atom stereocenters. The Labute approximate surface area is 433 Å². The summed E-state index contributed by atoms with van der Waals surface area (Å²) >= 11 is 17.4. The quantitative estimate of drug-likeness (QED) is 0.0194. The Balaban J connectivity index is 0.00000102. The van der Waals surface area contributed by atoms with Crippen molar-refractivity contribution in [3.8, 4) is 0 Å². The number of carbonyl (C=O) groups is 6. The van der Waals surface area contributed by atoms with Gasteiger partial charge in [-0.1, -0.05) is 34.8 Å². The summed E-state index contributed by atoms with van der Waals surface area (Å²) in [4.78, 5) is 70.8. The van der Waals surface area contributed by atoms with Gasteiger partial charge in [0.2, 0.25) is 0 Å². The highest BCUT2D eigenvalue weighted by Gasteiger charge is 2.31. The molecule has 3 unspecified atom stereocenters. The molecule has 0 heterocycles. The van der Waals surface area contributed by atoms with Gasteiger partial charge in [0.25, 0.3) is 0 Å². The fourth-order valence-electron chi connectivity index (χ4n) is 5.32. The number of halogens is 3. The lowest BCUT2D eigenvalue weighted by molar-refractivity contribution is -0.139. The zero-order valence-electron chi connectivity index (χ0n) is 38.0. The molecule has 0 aromatic heterocycles. The molecule has 0 bridgehead atoms. The fraction of sp³-hybridized carbons (Fsp3) is 0.294. The van der Waals surface area contributed by atoms with Gasteiger partial charge in [0.15, 0.2) is 17.3 Å². The van der Waals surface area contributed by atoms with Crippen LogP contribution in [0.25, 0.3) is 0 Å². The third-order valence-electron chi connectivity index (χ3n) is 7.94. The van der Waals surface area contributed by atoms with Crippen LogP contribution in [0.3, 0.4) is 0 Å². The topological polar surface area (TPSA) is 511 Å². The SMILES string of the molecule is CB(O)Nc1cc(Cl)ccc1C(=O)CC(NB(C)O)C(=O)O.CB(O)Nc1cc(Cl)ccc1C(=O)CC(NB(C)O)C(=O)OS(=O)(=O)O.Nc1cc(Cl)ccc1C(=O)CC(N)C(=O)OS(=O)(=O)O.O=S(=O)([O-])[O-]. The normalized spacial score (nSPS) is 12.2. The van der Waals surface area contributed by atoms with Gasteiger partial charge in [-0.25, -0.2) is 9.59 Å². The molecule has 0 aliphatic carbocycles. The highest BCUT2D eigenvalue weighted by Crippen LogP contribution is 2.25. The van der Waals surface area contributed by atoms with Gasteiger partial charge in [-0.05, 0) is 81.9 Å². The van der Waals surface area contributed by atoms with Crippen molar-refractivity contribution in [2.24, 2.45) is 5.73 Å². The van der Waals surface area contributed by atoms with Gasteiger partial charge >= 0.3 is 66.9 Å². The van der Waals surface area contributed by atoms with Crippen molar-refractivity contribution in [2.75, 3.05) is 16.2 Å². The standard InChI is InChI=1S/C12H17B2ClN2O8S.C12H17B2ClN2O5.C10H11ClN2O6S.H2O4S/c1-13(20)16-9-5-7(15)3-4-8(9)11(18)6-10(17-14(2)21)12(19)25-26(22,23)24;1-13(21)16-9-5-7(15)3-4-8(9)11(18)6-10(12(19)20)17-14(2)22;11-5-1-2-6(7(12)3-5)9(14)4-8(13)10(15)19-20(16,17)18;1-5(2,3)4/h3-5,10,16-17,20-21H,6H2,1-2H3,(H,22,23,24);3-5,10,16-17,21-22H,6H2,1-2H3,(H,19,20);1-3,8H,4,12-13H2,(H,16,17,18);(H2,1,2,3,4)/p-2. The predicted molar refractivity (Wildman–Crippen MR) is 263 cm³/mol. The largest absolute Gasteiger partial charge is 0.759 e. The number of rotatable bonds is 22. The molecule has 0 fully saturated rings. The van der Waals surface area contributed by atoms with Gasteiger partial charge in [-0.15, -0.1) is 0 Å². The summed E-state index contributed by atoms with van der Waals surface area (Å²) in [5.74, 6) is -5.86. The number of carboxylic acids is 1. The molecule has 402 valence electrons. The molecule has 0 amide bonds. The first-order valence-corrected chi connectivity index (χ1v) is 25.0. The van der Waals surface area contributed by atoms with E-state index >= 15 is 0 Å². The number of hydrogen-bond acceptors (Lipinski definition) is 26. The molecule has 0 radical (unpaired) electrons. The molecule has 73 heavy (non-hydrogen) atoms. The average Bonchev–Trinajstić information content (AvgIpc) is 3.18. The number of ketones is 3. The molecule has 3 aromatic carbocycles. The summed E-state index contributed by atoms with van der Waals surface area (Å²) in [5.41, 5.74) is 11.8. The van der Waals surface area contributed by atoms with E-state index in [2.05, 4.69) is 29.3 Å². The van der Waals surface area contributed by atoms with Crippen LogP contribution in [0.15, 0.2) is 54.6 Å². The fourth-order valence-corrected chi connectivity index (χ4v) is 6.50. The van der Waals surface area contributed by atoms with E-state index in [9.17, 15) is 65.7 Å². The van der Waals surface area contributed by atoms with Crippen molar-refractivity contribution >= 4 is 147 Å². The second kappa shape index (κ2) is 31.0. The van der Waals surface area contributed by atoms with Crippen molar-refractivity contribution in [1.29, 1.82) is 0 Å². The molecular formula is C34H45B4Cl3N6O23S3-2. The van der Waals surface area contributed by atoms with Gasteiger partial charge in [0.05, 0.1) is 0 Å². The Hall–Kier alpha value is -4.98. The minimum atomic E-state index is -5.17. The summed E-state index contributed by atoms with van der Waals surface area (Å²) < 4.78 is 101. The predicted octanol–water partition coefficient (Wildman–Crippen LogP) is -0.732. The molecule has 29 nitrogen and oxygen atoms in total. The van der Waals surface area contributed by atoms with Gasteiger partial charge in [0, 0.05) is 78.5 Å². The monoisotopic (exact) mass is 1150 g/mol. The highest BCUT2D eigenvalue weighted by atomic mass is 35.5. The van der Waals surface area contributed by atoms with Crippen LogP contribution >= 0.6 is 34.8 Å². The molecule has 0 aliphatic rings. The van der Waals surface area contributed by atoms with Crippen molar-refractivity contribution in [1.82, 2.24) is 10.5 Å². The van der Waals surface area contributed by atoms with Gasteiger partial charge in [-0.2, -0.15) is 16.8 Å². The van der Waals surface area contributed by atoms with E-state index < -0.39 is 126 Å². The maximum absolute atomic E-state index is 12.5. The van der Waals surface area contributed by atoms with E-state index in [-0.39, 0.29) is 39.5 Å². The van der Waals surface area contributed by atoms with Crippen LogP contribution < -0.4 is 32.4 Å². The lowest BCUT2D eigenvalue weighted by atomic mass is 9.85. The van der Waals surface area contributed by atoms with E-state index in [1.165, 1.54) is 81.9 Å². The van der Waals surface area contributed by atoms with E-state index in [1.807, 2.05) is 0 Å². The number of nitrogens with one attached hydrogen (secondary N) is 4. The van der Waals surface area contributed by atoms with Crippen LogP contribution in [-0.4, -0.2) is 150 Å². The number of nitrogens with two attached hydrogens (primary N) is 2. The summed E-state index contributed by atoms with van der Waals surface area (Å²) in [6, 6.07) is 8.36. The summed E-state index contributed by atoms with van der Waals surface area (Å²) in [6.45, 7) is 5.49. The summed E-state index contributed by atoms with van der Waals surface area (Å²) in [6.07, 6.45) is -1.49. The van der Waals surface area contributed by atoms with Crippen LogP contribution in [0, 0.1) is 0 Å². The molecular weight excluding hydrogens is 1110 g/mol. The number of Topliss-reactive ketones (excluding diaryl/α,β-unsaturated/α-hetero) is 3. The minimum Gasteiger partial charge on any atom is -0.759 e. The lowest BCUT2D eigenvalue weighted by Gasteiger charge is -2.18. The summed E-state index contributed by atoms with van der Waals surface area (Å²) in [5, 5.41) is 57.4. The second-order valence-electron chi connectivity index (χ2n) is 14.4. The molecule has 3 aromatic rings. The van der Waals surface area contributed by atoms with Crippen LogP contribution in [0.2, 0.25) is 42.4 Å². The number of carboxylic acid groups (broad SMARTS) is 1. The van der Waals surface area contributed by atoms with Gasteiger partial charge < -0.3 is 75.1 Å². The molecule has 3 rings (SSSR count). The van der Waals surface area contributed by atoms with Crippen molar-refractivity contribution < 1.29 is 106 Å². The molecule has 0 saturated heterocycles. The van der Waals surface area contributed by atoms with Crippen molar-refractivity contribution in [2.45, 2.75) is 64.7 Å². The van der Waals surface area contributed by atoms with Crippen LogP contribution in [-0.2, 0) is 53.9 Å². The third-order valence-corrected chi connectivity index (χ3v) is 9.39. The zero-order chi connectivity index (χ0) is 56.9. The highest BCUT2D eigenvalue weighted by molar-refractivity contribution is 7.81. The Morgan fingerprint density at radius 2 is 0.918 bits per heavy atom. The second-order valence-corrected chi connectivity index (χ2v) is 18.6. The number of benzene rings is 3. The Morgan fingerprint density at radius 3 is 1.26 bits per heavy atom. The third kappa shape index (κ3) is 30.7. The van der Waals surface area contributed by atoms with Crippen molar-refractivity contribution in [3.63, 3.8) is 0 Å². The lowest BCUT2D eigenvalue weighted by Crippen LogP contribution is -2.47. The number of aliphatic carboxylic acids is 1. The Kier molecular flexibility index (Phi) is 28.9. The van der Waals surface area contributed by atoms with Gasteiger partial charge in [-0.3, -0.25) is 36.7 Å². The van der Waals surface area contributed by atoms with Crippen LogP contribution in [0.1, 0.15) is 50.3 Å². The number of anilines is 3. The molecule has 15 N–H and O–H groups in total. The van der Waals surface area contributed by atoms with E-state index in [0.29, 0.717) is 15.7 Å². The maximum Gasteiger partial charge on any atom is 0.449 e. The maximum atomic E-state index is 12.5. The van der Waals surface area contributed by atoms with E-state index in [1.54, 1.807) is 0 Å². The molecule has 39 heteroatoms. The molecule has 0 aliphatic heterocycles. The smallest absolute Gasteiger partial charge is 0.449 e. The number of carbonyl (C=O) groups excluding carboxylic acids is 5. The molecule has 0 spiro atoms. The minimum absolute atomic E-state index is 0.0624. The molecule has 0 saturated carbocycles. The number of hydrogen-bond donors (Lipinski definition) is 13. The van der Waals surface area contributed by atoms with E-state index in [4.69, 9.17) is 78.0 Å². The summed E-state index contributed by atoms with van der Waals surface area (Å²) in [7, 11) is -19.5. The Bertz CT molecular complexity index is 2760. The van der Waals surface area contributed by atoms with Crippen molar-refractivity contribution in [3.05, 3.63) is 86.4 Å². The van der Waals surface area contributed by atoms with Gasteiger partial charge in [0.1, 0.15) is 18.1 Å². The average molecular weight is 1150 g/mol. The van der Waals surface area contributed by atoms with Crippen LogP contribution in [0.4, 0.5) is 17.1 Å². The Morgan fingerprint density at radius 1 is 0.589 bits per heavy atom. The van der Waals surface area contributed by atoms with Crippen LogP contribution in [0.5, 0.6) is 0 Å². The first-order chi connectivity index (χ1) is 33.2. The number of nitrogen functional groups attached to an aromatic ring is 1. The zero-order valence-corrected chi connectivity index (χ0v) is 42.8. The van der Waals surface area contributed by atoms with E-state index in [0.717, 1.165) is 0 Å². The first-order valence-electron chi connectivity index (χ1n) is 19.8. The first kappa shape index (κ1) is 68.0.